The standard InChI is InChI=1S/C18H24N4OS/c1-5-10-22-17(15-9-7-8-13(3)11-15)20-21-18(22)24-12-16(23)19-14(4)6-2/h5,7-9,11,14H,1,6,10,12H2,2-4H3,(H,19,23)/t14-/m0/s1. The van der Waals surface area contributed by atoms with E-state index < -0.39 is 0 Å². The number of benzene rings is 1. The minimum atomic E-state index is 0.0135. The summed E-state index contributed by atoms with van der Waals surface area (Å²) in [6.07, 6.45) is 2.73. The predicted octanol–water partition coefficient (Wildman–Crippen LogP) is 3.45. The Bertz CT molecular complexity index is 711. The Morgan fingerprint density at radius 3 is 2.92 bits per heavy atom. The van der Waals surface area contributed by atoms with Crippen molar-refractivity contribution in [2.45, 2.75) is 44.9 Å². The molecule has 2 aromatic rings. The topological polar surface area (TPSA) is 59.8 Å². The Morgan fingerprint density at radius 2 is 2.25 bits per heavy atom. The lowest BCUT2D eigenvalue weighted by Crippen LogP contribution is -2.33. The first-order valence-corrected chi connectivity index (χ1v) is 9.07. The molecule has 0 fully saturated rings. The molecule has 0 radical (unpaired) electrons. The Morgan fingerprint density at radius 1 is 1.46 bits per heavy atom. The highest BCUT2D eigenvalue weighted by Crippen LogP contribution is 2.24. The van der Waals surface area contributed by atoms with Crippen LogP contribution in [-0.2, 0) is 11.3 Å². The molecule has 0 aliphatic carbocycles. The highest BCUT2D eigenvalue weighted by Gasteiger charge is 2.15. The van der Waals surface area contributed by atoms with E-state index in [1.54, 1.807) is 0 Å². The van der Waals surface area contributed by atoms with Crippen LogP contribution in [0.25, 0.3) is 11.4 Å². The predicted molar refractivity (Wildman–Crippen MR) is 99.0 cm³/mol. The van der Waals surface area contributed by atoms with E-state index in [0.29, 0.717) is 12.3 Å². The first-order valence-electron chi connectivity index (χ1n) is 8.08. The van der Waals surface area contributed by atoms with E-state index in [2.05, 4.69) is 28.2 Å². The third-order valence-electron chi connectivity index (χ3n) is 3.66. The maximum Gasteiger partial charge on any atom is 0.230 e. The van der Waals surface area contributed by atoms with Crippen LogP contribution in [0.4, 0.5) is 0 Å². The smallest absolute Gasteiger partial charge is 0.230 e. The number of aryl methyl sites for hydroxylation is 1. The van der Waals surface area contributed by atoms with E-state index in [4.69, 9.17) is 0 Å². The summed E-state index contributed by atoms with van der Waals surface area (Å²) in [7, 11) is 0. The van der Waals surface area contributed by atoms with Gasteiger partial charge in [-0.25, -0.2) is 0 Å². The summed E-state index contributed by atoms with van der Waals surface area (Å²) in [5.41, 5.74) is 2.18. The van der Waals surface area contributed by atoms with Gasteiger partial charge >= 0.3 is 0 Å². The summed E-state index contributed by atoms with van der Waals surface area (Å²) in [5, 5.41) is 12.3. The maximum atomic E-state index is 12.0. The molecule has 1 aromatic carbocycles. The van der Waals surface area contributed by atoms with E-state index in [9.17, 15) is 4.79 Å². The van der Waals surface area contributed by atoms with Crippen molar-refractivity contribution in [3.63, 3.8) is 0 Å². The SMILES string of the molecule is C=CCn1c(SCC(=O)N[C@@H](C)CC)nnc1-c1cccc(C)c1. The Balaban J connectivity index is 2.16. The number of allylic oxidation sites excluding steroid dienone is 1. The summed E-state index contributed by atoms with van der Waals surface area (Å²) in [4.78, 5) is 12.0. The lowest BCUT2D eigenvalue weighted by Gasteiger charge is -2.11. The summed E-state index contributed by atoms with van der Waals surface area (Å²) in [5.74, 6) is 1.14. The first kappa shape index (κ1) is 18.3. The van der Waals surface area contributed by atoms with Gasteiger partial charge in [-0.3, -0.25) is 9.36 Å². The van der Waals surface area contributed by atoms with Crippen molar-refractivity contribution in [1.29, 1.82) is 0 Å². The first-order chi connectivity index (χ1) is 11.5. The lowest BCUT2D eigenvalue weighted by atomic mass is 10.1. The van der Waals surface area contributed by atoms with Gasteiger partial charge in [0.15, 0.2) is 11.0 Å². The molecule has 128 valence electrons. The molecule has 1 N–H and O–H groups in total. The number of hydrogen-bond acceptors (Lipinski definition) is 4. The third-order valence-corrected chi connectivity index (χ3v) is 4.62. The molecule has 0 unspecified atom stereocenters. The van der Waals surface area contributed by atoms with Gasteiger partial charge in [0.05, 0.1) is 5.75 Å². The van der Waals surface area contributed by atoms with Gasteiger partial charge in [-0.1, -0.05) is 48.5 Å². The van der Waals surface area contributed by atoms with Gasteiger partial charge in [0.1, 0.15) is 0 Å². The zero-order valence-electron chi connectivity index (χ0n) is 14.5. The number of amides is 1. The van der Waals surface area contributed by atoms with E-state index in [1.165, 1.54) is 17.3 Å². The van der Waals surface area contributed by atoms with Crippen molar-refractivity contribution in [2.24, 2.45) is 0 Å². The molecule has 0 bridgehead atoms. The second-order valence-electron chi connectivity index (χ2n) is 5.74. The van der Waals surface area contributed by atoms with Crippen LogP contribution in [0.3, 0.4) is 0 Å². The number of carbonyl (C=O) groups excluding carboxylic acids is 1. The fraction of sp³-hybridized carbons (Fsp3) is 0.389. The zero-order valence-corrected chi connectivity index (χ0v) is 15.3. The van der Waals surface area contributed by atoms with Crippen LogP contribution in [0.5, 0.6) is 0 Å². The van der Waals surface area contributed by atoms with Crippen LogP contribution < -0.4 is 5.32 Å². The Hall–Kier alpha value is -2.08. The number of nitrogens with zero attached hydrogens (tertiary/aromatic N) is 3. The van der Waals surface area contributed by atoms with E-state index in [1.807, 2.05) is 49.6 Å². The fourth-order valence-electron chi connectivity index (χ4n) is 2.24. The van der Waals surface area contributed by atoms with Crippen molar-refractivity contribution in [3.05, 3.63) is 42.5 Å². The lowest BCUT2D eigenvalue weighted by molar-refractivity contribution is -0.119. The Kier molecular flexibility index (Phi) is 6.61. The third kappa shape index (κ3) is 4.71. The largest absolute Gasteiger partial charge is 0.353 e. The average Bonchev–Trinajstić information content (AvgIpc) is 2.96. The molecule has 1 heterocycles. The molecular weight excluding hydrogens is 320 g/mol. The molecule has 1 aromatic heterocycles. The number of thioether (sulfide) groups is 1. The summed E-state index contributed by atoms with van der Waals surface area (Å²) in [6.45, 7) is 10.5. The molecule has 0 saturated carbocycles. The fourth-order valence-corrected chi connectivity index (χ4v) is 2.99. The van der Waals surface area contributed by atoms with Gasteiger partial charge in [0, 0.05) is 18.2 Å². The van der Waals surface area contributed by atoms with Crippen molar-refractivity contribution in [1.82, 2.24) is 20.1 Å². The van der Waals surface area contributed by atoms with Crippen molar-refractivity contribution in [2.75, 3.05) is 5.75 Å². The van der Waals surface area contributed by atoms with Gasteiger partial charge < -0.3 is 5.32 Å². The van der Waals surface area contributed by atoms with Gasteiger partial charge in [0.2, 0.25) is 5.91 Å². The molecule has 0 spiro atoms. The summed E-state index contributed by atoms with van der Waals surface area (Å²) < 4.78 is 1.99. The minimum Gasteiger partial charge on any atom is -0.353 e. The number of nitrogens with one attached hydrogen (secondary N) is 1. The molecule has 0 aliphatic rings. The molecular formula is C18H24N4OS. The van der Waals surface area contributed by atoms with Crippen molar-refractivity contribution >= 4 is 17.7 Å². The van der Waals surface area contributed by atoms with E-state index in [-0.39, 0.29) is 11.9 Å². The van der Waals surface area contributed by atoms with Gasteiger partial charge in [-0.05, 0) is 26.3 Å². The van der Waals surface area contributed by atoms with Crippen LogP contribution in [0.15, 0.2) is 42.1 Å². The number of carbonyl (C=O) groups is 1. The van der Waals surface area contributed by atoms with Gasteiger partial charge in [0.25, 0.3) is 0 Å². The minimum absolute atomic E-state index is 0.0135. The van der Waals surface area contributed by atoms with Gasteiger partial charge in [-0.15, -0.1) is 16.8 Å². The molecule has 1 amide bonds. The molecule has 0 saturated heterocycles. The van der Waals surface area contributed by atoms with Crippen LogP contribution in [-0.4, -0.2) is 32.5 Å². The molecule has 24 heavy (non-hydrogen) atoms. The van der Waals surface area contributed by atoms with Crippen LogP contribution in [0, 0.1) is 6.92 Å². The highest BCUT2D eigenvalue weighted by molar-refractivity contribution is 7.99. The molecule has 0 aliphatic heterocycles. The number of aromatic nitrogens is 3. The van der Waals surface area contributed by atoms with E-state index in [0.717, 1.165) is 23.0 Å². The molecule has 6 heteroatoms. The Labute approximate surface area is 147 Å². The van der Waals surface area contributed by atoms with Crippen molar-refractivity contribution < 1.29 is 4.79 Å². The molecule has 2 rings (SSSR count). The average molecular weight is 344 g/mol. The summed E-state index contributed by atoms with van der Waals surface area (Å²) >= 11 is 1.40. The quantitative estimate of drug-likeness (QED) is 0.589. The normalized spacial score (nSPS) is 12.0. The number of rotatable bonds is 8. The monoisotopic (exact) mass is 344 g/mol. The van der Waals surface area contributed by atoms with Crippen molar-refractivity contribution in [3.8, 4) is 11.4 Å². The van der Waals surface area contributed by atoms with Crippen LogP contribution in [0.1, 0.15) is 25.8 Å². The van der Waals surface area contributed by atoms with Crippen LogP contribution >= 0.6 is 11.8 Å². The van der Waals surface area contributed by atoms with Gasteiger partial charge in [-0.2, -0.15) is 0 Å². The molecule has 5 nitrogen and oxygen atoms in total. The summed E-state index contributed by atoms with van der Waals surface area (Å²) in [6, 6.07) is 8.33. The highest BCUT2D eigenvalue weighted by atomic mass is 32.2. The second-order valence-corrected chi connectivity index (χ2v) is 6.68. The molecule has 1 atom stereocenters. The van der Waals surface area contributed by atoms with Crippen LogP contribution in [0.2, 0.25) is 0 Å². The second kappa shape index (κ2) is 8.68. The zero-order chi connectivity index (χ0) is 17.5. The maximum absolute atomic E-state index is 12.0. The van der Waals surface area contributed by atoms with E-state index >= 15 is 0 Å². The number of hydrogen-bond donors (Lipinski definition) is 1.